The predicted molar refractivity (Wildman–Crippen MR) is 107 cm³/mol. The fourth-order valence-electron chi connectivity index (χ4n) is 4.45. The number of phenolic OH excluding ortho intramolecular Hbond substituents is 1. The number of allylic oxidation sites excluding steroid dienone is 4. The predicted octanol–water partition coefficient (Wildman–Crippen LogP) is 4.07. The molecule has 144 valence electrons. The van der Waals surface area contributed by atoms with Gasteiger partial charge in [0.05, 0.1) is 5.70 Å². The van der Waals surface area contributed by atoms with Crippen LogP contribution in [0.25, 0.3) is 0 Å². The SMILES string of the molecule is O=C1CCCC2=C1C(c1ccc(Cl)cc1)C1=C(N2)C(=O)c2ccc(O)cc2C1=O. The third kappa shape index (κ3) is 2.65. The zero-order valence-electron chi connectivity index (χ0n) is 15.3. The molecule has 0 radical (unpaired) electrons. The van der Waals surface area contributed by atoms with E-state index in [0.29, 0.717) is 35.6 Å². The second-order valence-electron chi connectivity index (χ2n) is 7.46. The van der Waals surface area contributed by atoms with E-state index in [-0.39, 0.29) is 45.5 Å². The molecule has 1 atom stereocenters. The van der Waals surface area contributed by atoms with Crippen molar-refractivity contribution in [2.45, 2.75) is 25.2 Å². The van der Waals surface area contributed by atoms with Crippen LogP contribution in [0.5, 0.6) is 5.75 Å². The summed E-state index contributed by atoms with van der Waals surface area (Å²) in [4.78, 5) is 39.5. The van der Waals surface area contributed by atoms with Crippen molar-refractivity contribution < 1.29 is 19.5 Å². The summed E-state index contributed by atoms with van der Waals surface area (Å²) in [6.07, 6.45) is 1.76. The van der Waals surface area contributed by atoms with Crippen LogP contribution in [0, 0.1) is 0 Å². The summed E-state index contributed by atoms with van der Waals surface area (Å²) in [6.45, 7) is 0. The third-order valence-electron chi connectivity index (χ3n) is 5.75. The molecule has 5 nitrogen and oxygen atoms in total. The highest BCUT2D eigenvalue weighted by molar-refractivity contribution is 6.30. The molecule has 2 aliphatic carbocycles. The van der Waals surface area contributed by atoms with Crippen LogP contribution in [0.2, 0.25) is 5.02 Å². The van der Waals surface area contributed by atoms with Gasteiger partial charge in [0.25, 0.3) is 0 Å². The molecular formula is C23H16ClNO4. The van der Waals surface area contributed by atoms with E-state index in [9.17, 15) is 19.5 Å². The Morgan fingerprint density at radius 2 is 1.66 bits per heavy atom. The van der Waals surface area contributed by atoms with Crippen LogP contribution in [-0.2, 0) is 4.79 Å². The Labute approximate surface area is 171 Å². The average molecular weight is 406 g/mol. The van der Waals surface area contributed by atoms with Crippen LogP contribution in [0.3, 0.4) is 0 Å². The van der Waals surface area contributed by atoms with Gasteiger partial charge in [-0.15, -0.1) is 0 Å². The van der Waals surface area contributed by atoms with Crippen LogP contribution in [0.15, 0.2) is 65.0 Å². The van der Waals surface area contributed by atoms with E-state index in [1.807, 2.05) is 0 Å². The Kier molecular flexibility index (Phi) is 3.96. The van der Waals surface area contributed by atoms with Gasteiger partial charge in [-0.05, 0) is 48.7 Å². The van der Waals surface area contributed by atoms with Crippen molar-refractivity contribution in [2.24, 2.45) is 0 Å². The topological polar surface area (TPSA) is 83.5 Å². The minimum Gasteiger partial charge on any atom is -0.508 e. The second kappa shape index (κ2) is 6.42. The Hall–Kier alpha value is -3.18. The molecule has 0 bridgehead atoms. The molecular weight excluding hydrogens is 390 g/mol. The van der Waals surface area contributed by atoms with Gasteiger partial charge in [-0.25, -0.2) is 0 Å². The molecule has 29 heavy (non-hydrogen) atoms. The van der Waals surface area contributed by atoms with E-state index >= 15 is 0 Å². The van der Waals surface area contributed by atoms with Crippen LogP contribution in [0.1, 0.15) is 51.5 Å². The molecule has 0 amide bonds. The number of ketones is 3. The number of dihydropyridines is 1. The minimum absolute atomic E-state index is 0.0211. The lowest BCUT2D eigenvalue weighted by Gasteiger charge is -2.36. The Morgan fingerprint density at radius 1 is 0.897 bits per heavy atom. The number of carbonyl (C=O) groups excluding carboxylic acids is 3. The lowest BCUT2D eigenvalue weighted by atomic mass is 9.70. The van der Waals surface area contributed by atoms with E-state index < -0.39 is 5.92 Å². The average Bonchev–Trinajstić information content (AvgIpc) is 2.71. The number of phenols is 1. The van der Waals surface area contributed by atoms with Crippen LogP contribution >= 0.6 is 11.6 Å². The van der Waals surface area contributed by atoms with Crippen molar-refractivity contribution >= 4 is 29.0 Å². The van der Waals surface area contributed by atoms with E-state index in [1.165, 1.54) is 18.2 Å². The number of Topliss-reactive ketones (excluding diaryl/α,β-unsaturated/α-hetero) is 3. The van der Waals surface area contributed by atoms with E-state index in [0.717, 1.165) is 5.56 Å². The first-order valence-corrected chi connectivity index (χ1v) is 9.79. The number of hydrogen-bond acceptors (Lipinski definition) is 5. The van der Waals surface area contributed by atoms with Crippen molar-refractivity contribution in [3.63, 3.8) is 0 Å². The summed E-state index contributed by atoms with van der Waals surface area (Å²) in [7, 11) is 0. The van der Waals surface area contributed by atoms with Gasteiger partial charge in [-0.3, -0.25) is 14.4 Å². The maximum atomic E-state index is 13.5. The molecule has 5 rings (SSSR count). The lowest BCUT2D eigenvalue weighted by molar-refractivity contribution is -0.116. The molecule has 1 heterocycles. The third-order valence-corrected chi connectivity index (χ3v) is 6.00. The number of fused-ring (bicyclic) bond motifs is 1. The van der Waals surface area contributed by atoms with Crippen LogP contribution in [-0.4, -0.2) is 22.5 Å². The van der Waals surface area contributed by atoms with Gasteiger partial charge < -0.3 is 10.4 Å². The quantitative estimate of drug-likeness (QED) is 0.747. The van der Waals surface area contributed by atoms with Gasteiger partial charge >= 0.3 is 0 Å². The van der Waals surface area contributed by atoms with Crippen molar-refractivity contribution in [3.05, 3.63) is 86.7 Å². The number of nitrogens with one attached hydrogen (secondary N) is 1. The molecule has 6 heteroatoms. The fraction of sp³-hybridized carbons (Fsp3) is 0.174. The van der Waals surface area contributed by atoms with Crippen molar-refractivity contribution in [3.8, 4) is 5.75 Å². The minimum atomic E-state index is -0.640. The molecule has 0 spiro atoms. The van der Waals surface area contributed by atoms with Gasteiger partial charge in [0.15, 0.2) is 11.6 Å². The Bertz CT molecular complexity index is 1170. The fourth-order valence-corrected chi connectivity index (χ4v) is 4.57. The van der Waals surface area contributed by atoms with Gasteiger partial charge in [-0.2, -0.15) is 0 Å². The van der Waals surface area contributed by atoms with Crippen molar-refractivity contribution in [2.75, 3.05) is 0 Å². The van der Waals surface area contributed by atoms with Crippen molar-refractivity contribution in [1.29, 1.82) is 0 Å². The molecule has 0 saturated carbocycles. The highest BCUT2D eigenvalue weighted by atomic mass is 35.5. The molecule has 1 unspecified atom stereocenters. The molecule has 0 saturated heterocycles. The maximum absolute atomic E-state index is 13.5. The van der Waals surface area contributed by atoms with Crippen LogP contribution in [0.4, 0.5) is 0 Å². The Morgan fingerprint density at radius 3 is 2.41 bits per heavy atom. The molecule has 3 aliphatic rings. The number of rotatable bonds is 1. The summed E-state index contributed by atoms with van der Waals surface area (Å²) < 4.78 is 0. The molecule has 0 aromatic heterocycles. The van der Waals surface area contributed by atoms with Gasteiger partial charge in [0.1, 0.15) is 5.75 Å². The summed E-state index contributed by atoms with van der Waals surface area (Å²) in [5.41, 5.74) is 2.87. The highest BCUT2D eigenvalue weighted by Crippen LogP contribution is 2.46. The van der Waals surface area contributed by atoms with Gasteiger partial charge in [0.2, 0.25) is 5.78 Å². The number of aromatic hydroxyl groups is 1. The monoisotopic (exact) mass is 405 g/mol. The molecule has 2 aromatic carbocycles. The Balaban J connectivity index is 1.76. The summed E-state index contributed by atoms with van der Waals surface area (Å²) in [5, 5.41) is 13.5. The standard InChI is InChI=1S/C23H16ClNO4/c24-12-6-4-11(5-7-12)18-19-16(2-1-3-17(19)27)25-21-20(18)22(28)15-10-13(26)8-9-14(15)23(21)29/h4-10,18,25-26H,1-3H2. The summed E-state index contributed by atoms with van der Waals surface area (Å²) in [5.74, 6) is -1.42. The smallest absolute Gasteiger partial charge is 0.210 e. The van der Waals surface area contributed by atoms with Gasteiger partial charge in [0, 0.05) is 45.3 Å². The van der Waals surface area contributed by atoms with E-state index in [1.54, 1.807) is 24.3 Å². The van der Waals surface area contributed by atoms with E-state index in [2.05, 4.69) is 5.32 Å². The summed E-state index contributed by atoms with van der Waals surface area (Å²) >= 11 is 6.04. The molecule has 2 N–H and O–H groups in total. The first-order valence-electron chi connectivity index (χ1n) is 9.41. The molecule has 0 fully saturated rings. The van der Waals surface area contributed by atoms with E-state index in [4.69, 9.17) is 11.6 Å². The molecule has 2 aromatic rings. The number of halogens is 1. The normalized spacial score (nSPS) is 20.9. The number of benzene rings is 2. The van der Waals surface area contributed by atoms with Gasteiger partial charge in [-0.1, -0.05) is 23.7 Å². The summed E-state index contributed by atoms with van der Waals surface area (Å²) in [6, 6.07) is 11.2. The van der Waals surface area contributed by atoms with Crippen molar-refractivity contribution in [1.82, 2.24) is 5.32 Å². The zero-order valence-corrected chi connectivity index (χ0v) is 16.0. The highest BCUT2D eigenvalue weighted by Gasteiger charge is 2.44. The number of carbonyl (C=O) groups is 3. The number of hydrogen-bond donors (Lipinski definition) is 2. The largest absolute Gasteiger partial charge is 0.508 e. The molecule has 1 aliphatic heterocycles. The second-order valence-corrected chi connectivity index (χ2v) is 7.89. The zero-order chi connectivity index (χ0) is 20.3. The first kappa shape index (κ1) is 17.9. The lowest BCUT2D eigenvalue weighted by Crippen LogP contribution is -2.40. The first-order chi connectivity index (χ1) is 14.0. The maximum Gasteiger partial charge on any atom is 0.210 e. The van der Waals surface area contributed by atoms with Crippen LogP contribution < -0.4 is 5.32 Å².